The average Bonchev–Trinajstić information content (AvgIpc) is 3.09. The molecule has 0 aromatic carbocycles. The van der Waals surface area contributed by atoms with Crippen molar-refractivity contribution in [3.05, 3.63) is 0 Å². The predicted octanol–water partition coefficient (Wildman–Crippen LogP) is 1.56. The van der Waals surface area contributed by atoms with Crippen LogP contribution in [0.2, 0.25) is 0 Å². The first-order chi connectivity index (χ1) is 8.21. The molecule has 2 N–H and O–H groups in total. The number of carbonyl (C=O) groups is 2. The Morgan fingerprint density at radius 1 is 1.28 bits per heavy atom. The molecule has 5 nitrogen and oxygen atoms in total. The molecule has 104 valence electrons. The number of carboxylic acid groups (broad SMARTS) is 1. The number of methoxy groups -OCH3 is 1. The molecule has 0 saturated heterocycles. The number of hydrogen-bond donors (Lipinski definition) is 2. The average molecular weight is 257 g/mol. The lowest BCUT2D eigenvalue weighted by atomic mass is 9.81. The maximum Gasteiger partial charge on any atom is 0.318 e. The van der Waals surface area contributed by atoms with Gasteiger partial charge in [-0.3, -0.25) is 9.59 Å². The van der Waals surface area contributed by atoms with Crippen molar-refractivity contribution in [2.75, 3.05) is 7.11 Å². The smallest absolute Gasteiger partial charge is 0.318 e. The Hall–Kier alpha value is -1.10. The van der Waals surface area contributed by atoms with Crippen LogP contribution in [0.4, 0.5) is 0 Å². The Kier molecular flexibility index (Phi) is 4.37. The number of nitrogens with one attached hydrogen (secondary N) is 1. The molecule has 0 bridgehead atoms. The van der Waals surface area contributed by atoms with Crippen LogP contribution < -0.4 is 5.32 Å². The highest BCUT2D eigenvalue weighted by atomic mass is 16.5. The molecular formula is C13H23NO4. The maximum atomic E-state index is 12.0. The van der Waals surface area contributed by atoms with Crippen molar-refractivity contribution in [2.45, 2.75) is 58.1 Å². The highest BCUT2D eigenvalue weighted by Gasteiger charge is 2.43. The van der Waals surface area contributed by atoms with E-state index in [-0.39, 0.29) is 18.4 Å². The van der Waals surface area contributed by atoms with Gasteiger partial charge in [0, 0.05) is 13.2 Å². The number of rotatable bonds is 7. The van der Waals surface area contributed by atoms with Gasteiger partial charge in [-0.15, -0.1) is 0 Å². The first-order valence-corrected chi connectivity index (χ1v) is 6.31. The number of carbonyl (C=O) groups excluding carboxylic acids is 1. The molecule has 0 aliphatic heterocycles. The second-order valence-electron chi connectivity index (χ2n) is 5.85. The molecule has 1 fully saturated rings. The van der Waals surface area contributed by atoms with Crippen molar-refractivity contribution in [1.29, 1.82) is 0 Å². The van der Waals surface area contributed by atoms with E-state index in [1.54, 1.807) is 7.11 Å². The summed E-state index contributed by atoms with van der Waals surface area (Å²) < 4.78 is 5.26. The van der Waals surface area contributed by atoms with Crippen molar-refractivity contribution in [3.63, 3.8) is 0 Å². The normalized spacial score (nSPS) is 19.1. The van der Waals surface area contributed by atoms with Crippen molar-refractivity contribution in [2.24, 2.45) is 5.41 Å². The zero-order chi connectivity index (χ0) is 14.0. The minimum atomic E-state index is -1.38. The highest BCUT2D eigenvalue weighted by molar-refractivity contribution is 6.01. The zero-order valence-electron chi connectivity index (χ0n) is 11.6. The number of carboxylic acids is 1. The van der Waals surface area contributed by atoms with Crippen LogP contribution >= 0.6 is 0 Å². The van der Waals surface area contributed by atoms with Gasteiger partial charge in [0.25, 0.3) is 0 Å². The van der Waals surface area contributed by atoms with E-state index >= 15 is 0 Å². The van der Waals surface area contributed by atoms with E-state index in [0.717, 1.165) is 12.8 Å². The molecule has 0 aromatic heterocycles. The maximum absolute atomic E-state index is 12.0. The van der Waals surface area contributed by atoms with E-state index in [1.165, 1.54) is 6.92 Å². The van der Waals surface area contributed by atoms with E-state index in [1.807, 2.05) is 13.8 Å². The van der Waals surface area contributed by atoms with Crippen molar-refractivity contribution >= 4 is 11.9 Å². The third-order valence-corrected chi connectivity index (χ3v) is 3.67. The molecule has 1 atom stereocenters. The van der Waals surface area contributed by atoms with Gasteiger partial charge in [-0.1, -0.05) is 0 Å². The van der Waals surface area contributed by atoms with Crippen LogP contribution in [-0.4, -0.2) is 35.7 Å². The van der Waals surface area contributed by atoms with Crippen LogP contribution in [0, 0.1) is 5.41 Å². The van der Waals surface area contributed by atoms with Gasteiger partial charge >= 0.3 is 5.97 Å². The van der Waals surface area contributed by atoms with E-state index in [9.17, 15) is 14.7 Å². The predicted molar refractivity (Wildman–Crippen MR) is 67.2 cm³/mol. The lowest BCUT2D eigenvalue weighted by Crippen LogP contribution is -2.46. The topological polar surface area (TPSA) is 75.6 Å². The van der Waals surface area contributed by atoms with Gasteiger partial charge in [-0.25, -0.2) is 0 Å². The standard InChI is InChI=1S/C13H23NO4/c1-12(2,18-4)7-8-13(3,11(16)17)10(15)14-9-5-6-9/h9H,5-8H2,1-4H3,(H,14,15)(H,16,17). The summed E-state index contributed by atoms with van der Waals surface area (Å²) in [4.78, 5) is 23.4. The Labute approximate surface area is 108 Å². The van der Waals surface area contributed by atoms with Gasteiger partial charge in [0.05, 0.1) is 5.60 Å². The van der Waals surface area contributed by atoms with Gasteiger partial charge in [-0.05, 0) is 46.5 Å². The molecule has 1 unspecified atom stereocenters. The van der Waals surface area contributed by atoms with Gasteiger partial charge in [0.2, 0.25) is 5.91 Å². The van der Waals surface area contributed by atoms with Crippen LogP contribution in [0.25, 0.3) is 0 Å². The van der Waals surface area contributed by atoms with E-state index in [2.05, 4.69) is 5.32 Å². The summed E-state index contributed by atoms with van der Waals surface area (Å²) in [5.41, 5.74) is -1.80. The zero-order valence-corrected chi connectivity index (χ0v) is 11.6. The Bertz CT molecular complexity index is 336. The third kappa shape index (κ3) is 3.70. The summed E-state index contributed by atoms with van der Waals surface area (Å²) in [6.07, 6.45) is 2.68. The highest BCUT2D eigenvalue weighted by Crippen LogP contribution is 2.30. The van der Waals surface area contributed by atoms with E-state index in [0.29, 0.717) is 6.42 Å². The van der Waals surface area contributed by atoms with Crippen molar-refractivity contribution in [3.8, 4) is 0 Å². The first kappa shape index (κ1) is 15.0. The molecule has 0 heterocycles. The Morgan fingerprint density at radius 2 is 1.83 bits per heavy atom. The third-order valence-electron chi connectivity index (χ3n) is 3.67. The number of aliphatic carboxylic acids is 1. The SMILES string of the molecule is COC(C)(C)CCC(C)(C(=O)O)C(=O)NC1CC1. The summed E-state index contributed by atoms with van der Waals surface area (Å²) in [5.74, 6) is -1.46. The minimum Gasteiger partial charge on any atom is -0.480 e. The van der Waals surface area contributed by atoms with E-state index in [4.69, 9.17) is 4.74 Å². The first-order valence-electron chi connectivity index (χ1n) is 6.31. The fraction of sp³-hybridized carbons (Fsp3) is 0.846. The molecule has 1 amide bonds. The van der Waals surface area contributed by atoms with Crippen LogP contribution in [0.5, 0.6) is 0 Å². The van der Waals surface area contributed by atoms with E-state index < -0.39 is 17.0 Å². The lowest BCUT2D eigenvalue weighted by molar-refractivity contribution is -0.156. The number of ether oxygens (including phenoxy) is 1. The fourth-order valence-electron chi connectivity index (χ4n) is 1.54. The van der Waals surface area contributed by atoms with Gasteiger partial charge in [0.15, 0.2) is 0 Å². The van der Waals surface area contributed by atoms with Crippen LogP contribution in [0.15, 0.2) is 0 Å². The number of amides is 1. The van der Waals surface area contributed by atoms with Gasteiger partial charge < -0.3 is 15.2 Å². The molecule has 0 spiro atoms. The molecule has 18 heavy (non-hydrogen) atoms. The Morgan fingerprint density at radius 3 is 2.22 bits per heavy atom. The molecule has 0 radical (unpaired) electrons. The quantitative estimate of drug-likeness (QED) is 0.679. The van der Waals surface area contributed by atoms with Crippen LogP contribution in [-0.2, 0) is 14.3 Å². The number of hydrogen-bond acceptors (Lipinski definition) is 3. The monoisotopic (exact) mass is 257 g/mol. The molecule has 5 heteroatoms. The van der Waals surface area contributed by atoms with Gasteiger partial charge in [0.1, 0.15) is 5.41 Å². The lowest BCUT2D eigenvalue weighted by Gasteiger charge is -2.29. The molecule has 1 saturated carbocycles. The second kappa shape index (κ2) is 5.26. The van der Waals surface area contributed by atoms with Crippen LogP contribution in [0.1, 0.15) is 46.5 Å². The summed E-state index contributed by atoms with van der Waals surface area (Å²) in [6.45, 7) is 5.25. The van der Waals surface area contributed by atoms with Crippen molar-refractivity contribution in [1.82, 2.24) is 5.32 Å². The molecular weight excluding hydrogens is 234 g/mol. The second-order valence-corrected chi connectivity index (χ2v) is 5.85. The minimum absolute atomic E-state index is 0.173. The summed E-state index contributed by atoms with van der Waals surface area (Å²) in [7, 11) is 1.59. The summed E-state index contributed by atoms with van der Waals surface area (Å²) in [6, 6.07) is 0.173. The Balaban J connectivity index is 2.67. The molecule has 0 aromatic rings. The summed E-state index contributed by atoms with van der Waals surface area (Å²) >= 11 is 0. The largest absolute Gasteiger partial charge is 0.480 e. The molecule has 1 aliphatic rings. The molecule has 1 rings (SSSR count). The fourth-order valence-corrected chi connectivity index (χ4v) is 1.54. The van der Waals surface area contributed by atoms with Crippen molar-refractivity contribution < 1.29 is 19.4 Å². The summed E-state index contributed by atoms with van der Waals surface area (Å²) in [5, 5.41) is 12.1. The van der Waals surface area contributed by atoms with Crippen LogP contribution in [0.3, 0.4) is 0 Å². The molecule has 1 aliphatic carbocycles. The van der Waals surface area contributed by atoms with Gasteiger partial charge in [-0.2, -0.15) is 0 Å².